The Morgan fingerprint density at radius 3 is 2.58 bits per heavy atom. The van der Waals surface area contributed by atoms with Gasteiger partial charge < -0.3 is 9.73 Å². The van der Waals surface area contributed by atoms with Gasteiger partial charge in [0.05, 0.1) is 23.2 Å². The number of unbranched alkanes of at least 4 members (excludes halogenated alkanes) is 1. The molecule has 0 fully saturated rings. The van der Waals surface area contributed by atoms with Gasteiger partial charge in [-0.2, -0.15) is 4.31 Å². The summed E-state index contributed by atoms with van der Waals surface area (Å²) in [4.78, 5) is 17.5. The molecule has 178 valence electrons. The Labute approximate surface area is 210 Å². The second-order valence-corrected chi connectivity index (χ2v) is 10.1. The number of hydrogen-bond acceptors (Lipinski definition) is 4. The van der Waals surface area contributed by atoms with Gasteiger partial charge in [0, 0.05) is 22.2 Å². The van der Waals surface area contributed by atoms with Gasteiger partial charge in [-0.1, -0.05) is 56.5 Å². The van der Waals surface area contributed by atoms with Gasteiger partial charge in [0.15, 0.2) is 0 Å². The molecule has 2 N–H and O–H groups in total. The van der Waals surface area contributed by atoms with Crippen molar-refractivity contribution in [2.24, 2.45) is 0 Å². The highest BCUT2D eigenvalue weighted by Gasteiger charge is 2.26. The van der Waals surface area contributed by atoms with Gasteiger partial charge in [0.1, 0.15) is 5.76 Å². The topological polar surface area (TPSA) is 95.7 Å². The Balaban J connectivity index is 2.08. The molecule has 0 bridgehead atoms. The zero-order chi connectivity index (χ0) is 24.1. The molecule has 0 aliphatic heterocycles. The number of fused-ring (bicyclic) bond motifs is 1. The zero-order valence-corrected chi connectivity index (χ0v) is 22.3. The van der Waals surface area contributed by atoms with E-state index in [0.717, 1.165) is 40.4 Å². The van der Waals surface area contributed by atoms with E-state index in [1.807, 2.05) is 44.2 Å². The first kappa shape index (κ1) is 25.8. The highest BCUT2D eigenvalue weighted by molar-refractivity contribution is 14.1. The maximum atomic E-state index is 12.8. The standard InChI is InChI=1S/C24H30IN3O4S/c1-5-7-8-17(6-2)28(33(30)31)14-20-19(25)13-18-21(23(29)26-4)22(32-24(18)27-20)16-11-9-15(3)10-12-16/h9-13,17H,5-8,14H2,1-4H3,(H,26,29)(H,30,31). The molecule has 7 nitrogen and oxygen atoms in total. The van der Waals surface area contributed by atoms with Crippen molar-refractivity contribution in [2.45, 2.75) is 59.0 Å². The lowest BCUT2D eigenvalue weighted by Crippen LogP contribution is -2.36. The number of furan rings is 1. The average molecular weight is 583 g/mol. The molecule has 1 aromatic carbocycles. The second kappa shape index (κ2) is 11.5. The number of aryl methyl sites for hydroxylation is 1. The third-order valence-electron chi connectivity index (χ3n) is 5.75. The van der Waals surface area contributed by atoms with Crippen molar-refractivity contribution in [3.8, 4) is 11.3 Å². The quantitative estimate of drug-likeness (QED) is 0.237. The predicted octanol–water partition coefficient (Wildman–Crippen LogP) is 5.67. The fourth-order valence-corrected chi connectivity index (χ4v) is 5.20. The molecule has 0 saturated heterocycles. The van der Waals surface area contributed by atoms with Crippen molar-refractivity contribution in [3.63, 3.8) is 0 Å². The lowest BCUT2D eigenvalue weighted by atomic mass is 10.0. The first-order chi connectivity index (χ1) is 15.8. The van der Waals surface area contributed by atoms with Gasteiger partial charge in [-0.3, -0.25) is 9.35 Å². The zero-order valence-electron chi connectivity index (χ0n) is 19.4. The van der Waals surface area contributed by atoms with Crippen molar-refractivity contribution in [1.82, 2.24) is 14.6 Å². The van der Waals surface area contributed by atoms with Gasteiger partial charge >= 0.3 is 0 Å². The molecule has 0 radical (unpaired) electrons. The Bertz CT molecular complexity index is 1150. The van der Waals surface area contributed by atoms with E-state index in [0.29, 0.717) is 28.1 Å². The summed E-state index contributed by atoms with van der Waals surface area (Å²) in [5.74, 6) is 0.208. The summed E-state index contributed by atoms with van der Waals surface area (Å²) in [5, 5.41) is 3.31. The molecule has 0 spiro atoms. The summed E-state index contributed by atoms with van der Waals surface area (Å²) in [7, 11) is 1.59. The summed E-state index contributed by atoms with van der Waals surface area (Å²) in [6.07, 6.45) is 3.63. The number of hydrogen-bond donors (Lipinski definition) is 2. The summed E-state index contributed by atoms with van der Waals surface area (Å²) in [6, 6.07) is 9.62. The normalized spacial score (nSPS) is 13.4. The smallest absolute Gasteiger partial charge is 0.255 e. The van der Waals surface area contributed by atoms with Crippen LogP contribution in [0.2, 0.25) is 0 Å². The molecular weight excluding hydrogens is 553 g/mol. The predicted molar refractivity (Wildman–Crippen MR) is 140 cm³/mol. The Morgan fingerprint density at radius 2 is 2.00 bits per heavy atom. The molecule has 0 aliphatic carbocycles. The fourth-order valence-electron chi connectivity index (χ4n) is 3.86. The van der Waals surface area contributed by atoms with Crippen LogP contribution in [0, 0.1) is 10.5 Å². The lowest BCUT2D eigenvalue weighted by molar-refractivity contribution is 0.0964. The molecule has 9 heteroatoms. The molecule has 2 aromatic heterocycles. The van der Waals surface area contributed by atoms with Crippen LogP contribution in [0.5, 0.6) is 0 Å². The Morgan fingerprint density at radius 1 is 1.30 bits per heavy atom. The molecular formula is C24H30IN3O4S. The van der Waals surface area contributed by atoms with Crippen LogP contribution in [-0.4, -0.2) is 37.0 Å². The van der Waals surface area contributed by atoms with Crippen molar-refractivity contribution < 1.29 is 18.0 Å². The molecule has 0 aliphatic rings. The minimum absolute atomic E-state index is 0.0229. The monoisotopic (exact) mass is 583 g/mol. The number of nitrogens with zero attached hydrogens (tertiary/aromatic N) is 2. The van der Waals surface area contributed by atoms with Crippen LogP contribution < -0.4 is 5.32 Å². The molecule has 2 heterocycles. The van der Waals surface area contributed by atoms with Crippen LogP contribution in [0.15, 0.2) is 34.7 Å². The molecule has 0 saturated carbocycles. The van der Waals surface area contributed by atoms with Crippen molar-refractivity contribution in [3.05, 3.63) is 50.7 Å². The van der Waals surface area contributed by atoms with Gasteiger partial charge in [0.25, 0.3) is 5.91 Å². The van der Waals surface area contributed by atoms with Gasteiger partial charge in [0.2, 0.25) is 17.0 Å². The molecule has 3 aromatic rings. The fraction of sp³-hybridized carbons (Fsp3) is 0.417. The third kappa shape index (κ3) is 5.82. The van der Waals surface area contributed by atoms with Crippen LogP contribution in [0.3, 0.4) is 0 Å². The minimum Gasteiger partial charge on any atom is -0.437 e. The highest BCUT2D eigenvalue weighted by atomic mass is 127. The van der Waals surface area contributed by atoms with Gasteiger partial charge in [-0.25, -0.2) is 9.19 Å². The number of nitrogens with one attached hydrogen (secondary N) is 1. The number of pyridine rings is 1. The largest absolute Gasteiger partial charge is 0.437 e. The van der Waals surface area contributed by atoms with Crippen LogP contribution in [-0.2, 0) is 17.8 Å². The summed E-state index contributed by atoms with van der Waals surface area (Å²) in [5.41, 5.74) is 3.32. The van der Waals surface area contributed by atoms with Crippen LogP contribution >= 0.6 is 22.6 Å². The molecule has 1 amide bonds. The third-order valence-corrected chi connectivity index (χ3v) is 7.51. The summed E-state index contributed by atoms with van der Waals surface area (Å²) in [6.45, 7) is 6.35. The van der Waals surface area contributed by atoms with E-state index in [4.69, 9.17) is 9.40 Å². The molecule has 3 rings (SSSR count). The number of benzene rings is 1. The van der Waals surface area contributed by atoms with E-state index in [2.05, 4.69) is 34.8 Å². The van der Waals surface area contributed by atoms with E-state index in [1.165, 1.54) is 0 Å². The Kier molecular flexibility index (Phi) is 9.02. The molecule has 33 heavy (non-hydrogen) atoms. The number of carbonyl (C=O) groups is 1. The first-order valence-electron chi connectivity index (χ1n) is 11.1. The van der Waals surface area contributed by atoms with Gasteiger partial charge in [-0.05, 0) is 48.4 Å². The maximum Gasteiger partial charge on any atom is 0.255 e. The van der Waals surface area contributed by atoms with Crippen molar-refractivity contribution in [1.29, 1.82) is 0 Å². The van der Waals surface area contributed by atoms with E-state index in [9.17, 15) is 13.6 Å². The molecule has 2 unspecified atom stereocenters. The SMILES string of the molecule is CCCCC(CC)N(Cc1nc2oc(-c3ccc(C)cc3)c(C(=O)NC)c2cc1I)S(=O)O. The van der Waals surface area contributed by atoms with Crippen LogP contribution in [0.25, 0.3) is 22.4 Å². The Hall–Kier alpha value is -1.82. The highest BCUT2D eigenvalue weighted by Crippen LogP contribution is 2.35. The number of halogens is 1. The van der Waals surface area contributed by atoms with Crippen molar-refractivity contribution in [2.75, 3.05) is 7.05 Å². The average Bonchev–Trinajstić information content (AvgIpc) is 3.16. The number of carbonyl (C=O) groups excluding carboxylic acids is 1. The van der Waals surface area contributed by atoms with E-state index >= 15 is 0 Å². The van der Waals surface area contributed by atoms with E-state index in [1.54, 1.807) is 11.4 Å². The van der Waals surface area contributed by atoms with E-state index in [-0.39, 0.29) is 18.5 Å². The second-order valence-electron chi connectivity index (χ2n) is 8.03. The summed E-state index contributed by atoms with van der Waals surface area (Å²) >= 11 is 0.0429. The minimum atomic E-state index is -2.12. The number of aromatic nitrogens is 1. The van der Waals surface area contributed by atoms with Crippen molar-refractivity contribution >= 4 is 50.9 Å². The first-order valence-corrected chi connectivity index (χ1v) is 13.2. The van der Waals surface area contributed by atoms with Crippen LogP contribution in [0.4, 0.5) is 0 Å². The lowest BCUT2D eigenvalue weighted by Gasteiger charge is -2.27. The van der Waals surface area contributed by atoms with Gasteiger partial charge in [-0.15, -0.1) is 0 Å². The maximum absolute atomic E-state index is 12.8. The van der Waals surface area contributed by atoms with E-state index < -0.39 is 11.3 Å². The summed E-state index contributed by atoms with van der Waals surface area (Å²) < 4.78 is 30.7. The van der Waals surface area contributed by atoms with Crippen LogP contribution in [0.1, 0.15) is 61.1 Å². The number of rotatable bonds is 10. The number of amides is 1. The molecule has 2 atom stereocenters.